The first-order valence-corrected chi connectivity index (χ1v) is 8.42. The lowest BCUT2D eigenvalue weighted by molar-refractivity contribution is 0.549. The Bertz CT molecular complexity index is 296. The van der Waals surface area contributed by atoms with Gasteiger partial charge in [-0.25, -0.2) is 0 Å². The molecule has 0 aliphatic rings. The van der Waals surface area contributed by atoms with E-state index in [0.717, 1.165) is 24.8 Å². The van der Waals surface area contributed by atoms with E-state index in [1.807, 2.05) is 20.8 Å². The lowest BCUT2D eigenvalue weighted by atomic mass is 10.1. The summed E-state index contributed by atoms with van der Waals surface area (Å²) in [6, 6.07) is 0. The molecule has 0 bridgehead atoms. The lowest BCUT2D eigenvalue weighted by Crippen LogP contribution is -2.40. The highest BCUT2D eigenvalue weighted by molar-refractivity contribution is 7.86. The van der Waals surface area contributed by atoms with Gasteiger partial charge in [-0.15, -0.1) is 0 Å². The Balaban J connectivity index is 3.81. The Kier molecular flexibility index (Phi) is 9.06. The lowest BCUT2D eigenvalue weighted by Gasteiger charge is -2.18. The second-order valence-corrected chi connectivity index (χ2v) is 8.45. The van der Waals surface area contributed by atoms with Crippen LogP contribution in [0.3, 0.4) is 0 Å². The Morgan fingerprint density at radius 2 is 1.79 bits per heavy atom. The zero-order valence-electron chi connectivity index (χ0n) is 13.4. The van der Waals surface area contributed by atoms with Crippen molar-refractivity contribution < 1.29 is 4.21 Å². The van der Waals surface area contributed by atoms with Gasteiger partial charge in [0.15, 0.2) is 5.96 Å². The van der Waals surface area contributed by atoms with Crippen molar-refractivity contribution in [2.75, 3.05) is 25.9 Å². The molecule has 0 aromatic carbocycles. The standard InChI is InChI=1S/C14H31N3OS/c1-12(2)8-7-9-16-13(15-6)17-10-11-19(18)14(3,4)5/h12H,7-11H2,1-6H3,(H2,15,16,17). The summed E-state index contributed by atoms with van der Waals surface area (Å²) < 4.78 is 11.7. The molecule has 4 nitrogen and oxygen atoms in total. The summed E-state index contributed by atoms with van der Waals surface area (Å²) in [7, 11) is 0.948. The van der Waals surface area contributed by atoms with E-state index in [1.165, 1.54) is 6.42 Å². The van der Waals surface area contributed by atoms with E-state index in [2.05, 4.69) is 29.5 Å². The number of rotatable bonds is 7. The van der Waals surface area contributed by atoms with Gasteiger partial charge in [0.1, 0.15) is 0 Å². The molecule has 0 heterocycles. The van der Waals surface area contributed by atoms with E-state index in [1.54, 1.807) is 7.05 Å². The largest absolute Gasteiger partial charge is 0.356 e. The monoisotopic (exact) mass is 289 g/mol. The number of aliphatic imine (C=N–C) groups is 1. The van der Waals surface area contributed by atoms with Crippen molar-refractivity contribution in [3.05, 3.63) is 0 Å². The molecule has 0 saturated heterocycles. The van der Waals surface area contributed by atoms with Gasteiger partial charge in [0.2, 0.25) is 0 Å². The van der Waals surface area contributed by atoms with Gasteiger partial charge in [-0.1, -0.05) is 13.8 Å². The van der Waals surface area contributed by atoms with Crippen molar-refractivity contribution in [1.29, 1.82) is 0 Å². The van der Waals surface area contributed by atoms with Gasteiger partial charge in [-0.05, 0) is 39.5 Å². The molecular weight excluding hydrogens is 258 g/mol. The van der Waals surface area contributed by atoms with E-state index in [-0.39, 0.29) is 4.75 Å². The van der Waals surface area contributed by atoms with E-state index in [0.29, 0.717) is 12.3 Å². The van der Waals surface area contributed by atoms with Gasteiger partial charge in [0.25, 0.3) is 0 Å². The summed E-state index contributed by atoms with van der Waals surface area (Å²) in [5.41, 5.74) is 0. The van der Waals surface area contributed by atoms with Crippen LogP contribution in [0.2, 0.25) is 0 Å². The fourth-order valence-corrected chi connectivity index (χ4v) is 2.41. The zero-order valence-corrected chi connectivity index (χ0v) is 14.2. The molecule has 1 unspecified atom stereocenters. The van der Waals surface area contributed by atoms with Crippen molar-refractivity contribution in [2.24, 2.45) is 10.9 Å². The fraction of sp³-hybridized carbons (Fsp3) is 0.929. The molecule has 1 atom stereocenters. The topological polar surface area (TPSA) is 53.5 Å². The highest BCUT2D eigenvalue weighted by Gasteiger charge is 2.18. The summed E-state index contributed by atoms with van der Waals surface area (Å²) in [6.07, 6.45) is 2.37. The van der Waals surface area contributed by atoms with Crippen molar-refractivity contribution >= 4 is 16.8 Å². The van der Waals surface area contributed by atoms with Crippen LogP contribution in [-0.2, 0) is 10.8 Å². The van der Waals surface area contributed by atoms with Crippen molar-refractivity contribution in [1.82, 2.24) is 10.6 Å². The van der Waals surface area contributed by atoms with Gasteiger partial charge in [-0.2, -0.15) is 0 Å². The number of hydrogen-bond donors (Lipinski definition) is 2. The summed E-state index contributed by atoms with van der Waals surface area (Å²) in [4.78, 5) is 4.16. The normalized spacial score (nSPS) is 14.6. The van der Waals surface area contributed by atoms with E-state index >= 15 is 0 Å². The molecule has 0 aromatic rings. The third-order valence-electron chi connectivity index (χ3n) is 2.74. The molecule has 0 rings (SSSR count). The van der Waals surface area contributed by atoms with Crippen LogP contribution < -0.4 is 10.6 Å². The van der Waals surface area contributed by atoms with E-state index < -0.39 is 10.8 Å². The summed E-state index contributed by atoms with van der Waals surface area (Å²) in [6.45, 7) is 12.1. The number of hydrogen-bond acceptors (Lipinski definition) is 2. The van der Waals surface area contributed by atoms with Crippen LogP contribution >= 0.6 is 0 Å². The van der Waals surface area contributed by atoms with E-state index in [4.69, 9.17) is 0 Å². The SMILES string of the molecule is CN=C(NCCCC(C)C)NCCS(=O)C(C)(C)C. The quantitative estimate of drug-likeness (QED) is 0.429. The molecule has 2 N–H and O–H groups in total. The Hall–Kier alpha value is -0.580. The molecule has 0 spiro atoms. The molecule has 0 aliphatic carbocycles. The van der Waals surface area contributed by atoms with Gasteiger partial charge < -0.3 is 10.6 Å². The van der Waals surface area contributed by atoms with Crippen LogP contribution in [-0.4, -0.2) is 40.8 Å². The van der Waals surface area contributed by atoms with Gasteiger partial charge in [-0.3, -0.25) is 9.20 Å². The third-order valence-corrected chi connectivity index (χ3v) is 4.68. The van der Waals surface area contributed by atoms with E-state index in [9.17, 15) is 4.21 Å². The van der Waals surface area contributed by atoms with Gasteiger partial charge in [0.05, 0.1) is 0 Å². The highest BCUT2D eigenvalue weighted by atomic mass is 32.2. The van der Waals surface area contributed by atoms with Crippen LogP contribution in [0.4, 0.5) is 0 Å². The van der Waals surface area contributed by atoms with Crippen molar-refractivity contribution in [3.8, 4) is 0 Å². The molecule has 5 heteroatoms. The number of guanidine groups is 1. The predicted molar refractivity (Wildman–Crippen MR) is 86.2 cm³/mol. The average Bonchev–Trinajstić information content (AvgIpc) is 2.30. The summed E-state index contributed by atoms with van der Waals surface area (Å²) in [5.74, 6) is 2.19. The maximum atomic E-state index is 11.9. The molecule has 0 radical (unpaired) electrons. The fourth-order valence-electron chi connectivity index (χ4n) is 1.51. The Morgan fingerprint density at radius 3 is 2.26 bits per heavy atom. The smallest absolute Gasteiger partial charge is 0.191 e. The van der Waals surface area contributed by atoms with Crippen LogP contribution in [0.15, 0.2) is 4.99 Å². The first-order chi connectivity index (χ1) is 8.77. The molecule has 0 saturated carbocycles. The minimum Gasteiger partial charge on any atom is -0.356 e. The second-order valence-electron chi connectivity index (χ2n) is 6.12. The first kappa shape index (κ1) is 18.4. The molecule has 19 heavy (non-hydrogen) atoms. The molecule has 0 aromatic heterocycles. The second kappa shape index (κ2) is 9.34. The molecule has 0 aliphatic heterocycles. The predicted octanol–water partition coefficient (Wildman–Crippen LogP) is 2.13. The molecular formula is C14H31N3OS. The highest BCUT2D eigenvalue weighted by Crippen LogP contribution is 2.10. The van der Waals surface area contributed by atoms with Crippen LogP contribution in [0.5, 0.6) is 0 Å². The maximum Gasteiger partial charge on any atom is 0.191 e. The number of nitrogens with one attached hydrogen (secondary N) is 2. The van der Waals surface area contributed by atoms with Crippen molar-refractivity contribution in [2.45, 2.75) is 52.2 Å². The van der Waals surface area contributed by atoms with Crippen LogP contribution in [0.1, 0.15) is 47.5 Å². The molecule has 114 valence electrons. The first-order valence-electron chi connectivity index (χ1n) is 7.10. The Labute approximate surface area is 121 Å². The Morgan fingerprint density at radius 1 is 1.21 bits per heavy atom. The van der Waals surface area contributed by atoms with Gasteiger partial charge in [0, 0.05) is 41.4 Å². The van der Waals surface area contributed by atoms with Crippen LogP contribution in [0, 0.1) is 5.92 Å². The summed E-state index contributed by atoms with van der Waals surface area (Å²) >= 11 is 0. The zero-order chi connectivity index (χ0) is 14.9. The third kappa shape index (κ3) is 9.93. The van der Waals surface area contributed by atoms with Gasteiger partial charge >= 0.3 is 0 Å². The molecule has 0 fully saturated rings. The van der Waals surface area contributed by atoms with Crippen LogP contribution in [0.25, 0.3) is 0 Å². The van der Waals surface area contributed by atoms with Crippen molar-refractivity contribution in [3.63, 3.8) is 0 Å². The average molecular weight is 289 g/mol. The minimum atomic E-state index is -0.815. The minimum absolute atomic E-state index is 0.143. The maximum absolute atomic E-state index is 11.9. The number of nitrogens with zero attached hydrogens (tertiary/aromatic N) is 1. The molecule has 0 amide bonds. The summed E-state index contributed by atoms with van der Waals surface area (Å²) in [5, 5.41) is 6.48.